The number of aliphatic hydroxyl groups is 1. The smallest absolute Gasteiger partial charge is 0.329 e. The van der Waals surface area contributed by atoms with Crippen LogP contribution in [0.3, 0.4) is 0 Å². The van der Waals surface area contributed by atoms with Gasteiger partial charge in [-0.05, 0) is 17.7 Å². The Morgan fingerprint density at radius 3 is 2.50 bits per heavy atom. The van der Waals surface area contributed by atoms with Gasteiger partial charge in [0.2, 0.25) is 0 Å². The Kier molecular flexibility index (Phi) is 4.08. The summed E-state index contributed by atoms with van der Waals surface area (Å²) in [4.78, 5) is 44.2. The summed E-state index contributed by atoms with van der Waals surface area (Å²) in [7, 11) is 1.40. The SMILES string of the molecule is Cn1c(=O)[nH]c(=O)c2nc(C[C@H](O)c3ccc(Cl)cc3)c(=O)[nH]c21. The van der Waals surface area contributed by atoms with Crippen LogP contribution >= 0.6 is 11.6 Å². The van der Waals surface area contributed by atoms with Gasteiger partial charge in [-0.2, -0.15) is 0 Å². The second-order valence-electron chi connectivity index (χ2n) is 5.30. The molecule has 2 aromatic heterocycles. The number of aliphatic hydroxyl groups excluding tert-OH is 1. The average Bonchev–Trinajstić information content (AvgIpc) is 2.54. The first kappa shape index (κ1) is 16.2. The normalized spacial score (nSPS) is 12.5. The molecule has 0 unspecified atom stereocenters. The molecule has 3 N–H and O–H groups in total. The Balaban J connectivity index is 2.06. The molecule has 0 saturated carbocycles. The zero-order valence-electron chi connectivity index (χ0n) is 12.5. The van der Waals surface area contributed by atoms with Gasteiger partial charge >= 0.3 is 5.69 Å². The molecule has 3 aromatic rings. The van der Waals surface area contributed by atoms with Crippen molar-refractivity contribution in [3.63, 3.8) is 0 Å². The summed E-state index contributed by atoms with van der Waals surface area (Å²) in [6.45, 7) is 0. The Morgan fingerprint density at radius 1 is 1.17 bits per heavy atom. The van der Waals surface area contributed by atoms with E-state index in [1.165, 1.54) is 7.05 Å². The highest BCUT2D eigenvalue weighted by molar-refractivity contribution is 6.30. The third-order valence-electron chi connectivity index (χ3n) is 3.68. The minimum absolute atomic E-state index is 0.00546. The lowest BCUT2D eigenvalue weighted by Gasteiger charge is -2.11. The van der Waals surface area contributed by atoms with E-state index in [1.807, 2.05) is 0 Å². The summed E-state index contributed by atoms with van der Waals surface area (Å²) in [6, 6.07) is 6.52. The summed E-state index contributed by atoms with van der Waals surface area (Å²) >= 11 is 5.80. The average molecular weight is 349 g/mol. The first-order chi connectivity index (χ1) is 11.4. The molecule has 0 saturated heterocycles. The summed E-state index contributed by atoms with van der Waals surface area (Å²) in [5.74, 6) is 0. The van der Waals surface area contributed by atoms with Gasteiger partial charge in [-0.3, -0.25) is 19.1 Å². The summed E-state index contributed by atoms with van der Waals surface area (Å²) in [5.41, 5.74) is -1.42. The van der Waals surface area contributed by atoms with Gasteiger partial charge in [-0.15, -0.1) is 0 Å². The first-order valence-electron chi connectivity index (χ1n) is 7.02. The fourth-order valence-electron chi connectivity index (χ4n) is 2.34. The first-order valence-corrected chi connectivity index (χ1v) is 7.40. The topological polar surface area (TPSA) is 121 Å². The van der Waals surface area contributed by atoms with Crippen molar-refractivity contribution in [2.24, 2.45) is 7.05 Å². The van der Waals surface area contributed by atoms with Gasteiger partial charge < -0.3 is 10.1 Å². The number of nitrogens with one attached hydrogen (secondary N) is 2. The van der Waals surface area contributed by atoms with Gasteiger partial charge in [0, 0.05) is 18.5 Å². The van der Waals surface area contributed by atoms with Gasteiger partial charge in [0.15, 0.2) is 5.52 Å². The number of hydrogen-bond acceptors (Lipinski definition) is 5. The van der Waals surface area contributed by atoms with Crippen LogP contribution in [0, 0.1) is 0 Å². The lowest BCUT2D eigenvalue weighted by Crippen LogP contribution is -2.32. The van der Waals surface area contributed by atoms with Crippen molar-refractivity contribution in [3.8, 4) is 0 Å². The van der Waals surface area contributed by atoms with Crippen molar-refractivity contribution in [1.82, 2.24) is 19.5 Å². The third kappa shape index (κ3) is 2.89. The van der Waals surface area contributed by atoms with Crippen LogP contribution in [0.2, 0.25) is 5.02 Å². The summed E-state index contributed by atoms with van der Waals surface area (Å²) in [6.07, 6.45) is -1.07. The van der Waals surface area contributed by atoms with E-state index >= 15 is 0 Å². The zero-order chi connectivity index (χ0) is 17.4. The Hall–Kier alpha value is -2.71. The molecule has 3 rings (SSSR count). The molecule has 1 aromatic carbocycles. The van der Waals surface area contributed by atoms with Crippen LogP contribution in [-0.2, 0) is 13.5 Å². The number of aromatic amines is 2. The Bertz CT molecular complexity index is 1080. The molecule has 0 spiro atoms. The van der Waals surface area contributed by atoms with E-state index < -0.39 is 22.9 Å². The van der Waals surface area contributed by atoms with Crippen LogP contribution in [0.15, 0.2) is 38.6 Å². The zero-order valence-corrected chi connectivity index (χ0v) is 13.3. The highest BCUT2D eigenvalue weighted by Gasteiger charge is 2.16. The largest absolute Gasteiger partial charge is 0.388 e. The number of H-pyrrole nitrogens is 2. The lowest BCUT2D eigenvalue weighted by molar-refractivity contribution is 0.177. The molecule has 0 aliphatic carbocycles. The molecular weight excluding hydrogens is 336 g/mol. The number of nitrogens with zero attached hydrogens (tertiary/aromatic N) is 2. The quantitative estimate of drug-likeness (QED) is 0.626. The van der Waals surface area contributed by atoms with Crippen molar-refractivity contribution < 1.29 is 5.11 Å². The molecule has 0 radical (unpaired) electrons. The highest BCUT2D eigenvalue weighted by atomic mass is 35.5. The van der Waals surface area contributed by atoms with E-state index in [2.05, 4.69) is 15.0 Å². The van der Waals surface area contributed by atoms with Crippen molar-refractivity contribution >= 4 is 22.8 Å². The molecule has 0 fully saturated rings. The van der Waals surface area contributed by atoms with Crippen molar-refractivity contribution in [3.05, 3.63) is 71.7 Å². The number of hydrogen-bond donors (Lipinski definition) is 3. The van der Waals surface area contributed by atoms with Gasteiger partial charge in [0.1, 0.15) is 11.3 Å². The number of aromatic nitrogens is 4. The molecule has 1 atom stereocenters. The van der Waals surface area contributed by atoms with Crippen molar-refractivity contribution in [1.29, 1.82) is 0 Å². The molecule has 0 aliphatic heterocycles. The second kappa shape index (κ2) is 6.06. The molecule has 24 heavy (non-hydrogen) atoms. The number of halogens is 1. The van der Waals surface area contributed by atoms with Crippen LogP contribution in [0.4, 0.5) is 0 Å². The number of rotatable bonds is 3. The van der Waals surface area contributed by atoms with Crippen LogP contribution in [0.5, 0.6) is 0 Å². The summed E-state index contributed by atoms with van der Waals surface area (Å²) < 4.78 is 1.09. The van der Waals surface area contributed by atoms with Crippen molar-refractivity contribution in [2.75, 3.05) is 0 Å². The van der Waals surface area contributed by atoms with Crippen LogP contribution < -0.4 is 16.8 Å². The molecule has 9 heteroatoms. The van der Waals surface area contributed by atoms with E-state index in [-0.39, 0.29) is 23.3 Å². The van der Waals surface area contributed by atoms with E-state index in [9.17, 15) is 19.5 Å². The molecule has 124 valence electrons. The lowest BCUT2D eigenvalue weighted by atomic mass is 10.1. The van der Waals surface area contributed by atoms with E-state index in [0.29, 0.717) is 10.6 Å². The van der Waals surface area contributed by atoms with Gasteiger partial charge in [0.05, 0.1) is 6.10 Å². The molecule has 8 nitrogen and oxygen atoms in total. The van der Waals surface area contributed by atoms with Gasteiger partial charge in [-0.1, -0.05) is 23.7 Å². The minimum Gasteiger partial charge on any atom is -0.388 e. The number of benzene rings is 1. The maximum absolute atomic E-state index is 12.2. The van der Waals surface area contributed by atoms with E-state index in [4.69, 9.17) is 11.6 Å². The molecular formula is C15H13ClN4O4. The molecule has 0 aliphatic rings. The number of fused-ring (bicyclic) bond motifs is 1. The Labute approximate surface area is 139 Å². The van der Waals surface area contributed by atoms with Gasteiger partial charge in [-0.25, -0.2) is 9.78 Å². The fraction of sp³-hybridized carbons (Fsp3) is 0.200. The second-order valence-corrected chi connectivity index (χ2v) is 5.74. The maximum Gasteiger partial charge on any atom is 0.329 e. The van der Waals surface area contributed by atoms with Crippen molar-refractivity contribution in [2.45, 2.75) is 12.5 Å². The monoisotopic (exact) mass is 348 g/mol. The predicted octanol–water partition coefficient (Wildman–Crippen LogP) is 0.240. The highest BCUT2D eigenvalue weighted by Crippen LogP contribution is 2.18. The molecule has 2 heterocycles. The van der Waals surface area contributed by atoms with Crippen LogP contribution in [0.1, 0.15) is 17.4 Å². The van der Waals surface area contributed by atoms with Crippen LogP contribution in [-0.4, -0.2) is 24.6 Å². The number of aryl methyl sites for hydroxylation is 1. The third-order valence-corrected chi connectivity index (χ3v) is 3.93. The molecule has 0 amide bonds. The van der Waals surface area contributed by atoms with Gasteiger partial charge in [0.25, 0.3) is 11.1 Å². The summed E-state index contributed by atoms with van der Waals surface area (Å²) in [5, 5.41) is 10.8. The van der Waals surface area contributed by atoms with Crippen LogP contribution in [0.25, 0.3) is 11.2 Å². The predicted molar refractivity (Wildman–Crippen MR) is 88.3 cm³/mol. The maximum atomic E-state index is 12.2. The van der Waals surface area contributed by atoms with E-state index in [0.717, 1.165) is 4.57 Å². The fourth-order valence-corrected chi connectivity index (χ4v) is 2.47. The minimum atomic E-state index is -0.986. The standard InChI is InChI=1S/C15H13ClN4O4/c1-20-12-11(14(23)19-15(20)24)17-9(13(22)18-12)6-10(21)7-2-4-8(16)5-3-7/h2-5,10,21H,6H2,1H3,(H,18,22)(H,19,23,24)/t10-/m0/s1. The molecule has 0 bridgehead atoms. The van der Waals surface area contributed by atoms with E-state index in [1.54, 1.807) is 24.3 Å². The Morgan fingerprint density at radius 2 is 1.83 bits per heavy atom.